The van der Waals surface area contributed by atoms with E-state index in [1.54, 1.807) is 6.08 Å². The van der Waals surface area contributed by atoms with E-state index in [9.17, 15) is 19.8 Å². The Balaban J connectivity index is 3.34. The number of carbonyl (C=O) groups is 2. The fraction of sp³-hybridized carbons (Fsp3) is 0.868. The molecule has 0 aromatic heterocycles. The normalized spacial score (nSPS) is 12.8. The number of carbonyl (C=O) groups excluding carboxylic acids is 2. The fourth-order valence-electron chi connectivity index (χ4n) is 11.4. The minimum atomic E-state index is -0.841. The molecule has 0 aliphatic heterocycles. The molecule has 0 rings (SSSR count). The Morgan fingerprint density at radius 2 is 0.610 bits per heavy atom. The number of unbranched alkanes of at least 4 members (excludes halogenated alkanes) is 52. The highest BCUT2D eigenvalue weighted by Crippen LogP contribution is 2.18. The third-order valence-electron chi connectivity index (χ3n) is 17.1. The van der Waals surface area contributed by atoms with Crippen LogP contribution in [-0.4, -0.2) is 47.4 Å². The zero-order valence-corrected chi connectivity index (χ0v) is 55.2. The molecule has 0 heterocycles. The number of hydrogen-bond acceptors (Lipinski definition) is 5. The van der Waals surface area contributed by atoms with Crippen LogP contribution >= 0.6 is 0 Å². The summed E-state index contributed by atoms with van der Waals surface area (Å²) in [5, 5.41) is 23.0. The van der Waals surface area contributed by atoms with E-state index in [2.05, 4.69) is 55.6 Å². The van der Waals surface area contributed by atoms with Crippen LogP contribution in [0.2, 0.25) is 0 Å². The summed E-state index contributed by atoms with van der Waals surface area (Å²) in [6, 6.07) is -0.624. The lowest BCUT2D eigenvalue weighted by atomic mass is 10.0. The van der Waals surface area contributed by atoms with Gasteiger partial charge in [0.1, 0.15) is 0 Å². The van der Waals surface area contributed by atoms with Gasteiger partial charge in [-0.25, -0.2) is 0 Å². The molecule has 0 saturated carbocycles. The van der Waals surface area contributed by atoms with Crippen molar-refractivity contribution >= 4 is 11.9 Å². The lowest BCUT2D eigenvalue weighted by Crippen LogP contribution is -2.45. The molecule has 482 valence electrons. The van der Waals surface area contributed by atoms with Gasteiger partial charge < -0.3 is 20.3 Å². The van der Waals surface area contributed by atoms with Crippen LogP contribution in [0.4, 0.5) is 0 Å². The second-order valence-electron chi connectivity index (χ2n) is 25.3. The zero-order valence-electron chi connectivity index (χ0n) is 55.2. The number of rotatable bonds is 69. The van der Waals surface area contributed by atoms with Gasteiger partial charge in [0.25, 0.3) is 0 Å². The van der Waals surface area contributed by atoms with Crippen LogP contribution < -0.4 is 5.32 Å². The predicted octanol–water partition coefficient (Wildman–Crippen LogP) is 24.0. The topological polar surface area (TPSA) is 95.9 Å². The second kappa shape index (κ2) is 71.3. The van der Waals surface area contributed by atoms with Gasteiger partial charge in [-0.3, -0.25) is 9.59 Å². The predicted molar refractivity (Wildman–Crippen MR) is 361 cm³/mol. The lowest BCUT2D eigenvalue weighted by Gasteiger charge is -2.20. The molecule has 3 N–H and O–H groups in total. The van der Waals surface area contributed by atoms with Crippen molar-refractivity contribution in [2.24, 2.45) is 0 Å². The monoisotopic (exact) mass is 1150 g/mol. The molecule has 1 amide bonds. The molecule has 2 unspecified atom stereocenters. The molecule has 2 atom stereocenters. The summed E-state index contributed by atoms with van der Waals surface area (Å²) in [5.41, 5.74) is 0. The molecule has 0 aliphatic carbocycles. The van der Waals surface area contributed by atoms with E-state index >= 15 is 0 Å². The summed E-state index contributed by atoms with van der Waals surface area (Å²) in [7, 11) is 0. The maximum absolute atomic E-state index is 12.4. The molecule has 6 heteroatoms. The number of aliphatic hydroxyl groups excluding tert-OH is 2. The highest BCUT2D eigenvalue weighted by Gasteiger charge is 2.18. The number of ether oxygens (including phenoxy) is 1. The molecule has 0 bridgehead atoms. The fourth-order valence-corrected chi connectivity index (χ4v) is 11.4. The van der Waals surface area contributed by atoms with Gasteiger partial charge in [-0.05, 0) is 89.9 Å². The van der Waals surface area contributed by atoms with Crippen LogP contribution in [0.25, 0.3) is 0 Å². The molecule has 82 heavy (non-hydrogen) atoms. The molecular formula is C76H143NO5. The first-order valence-electron chi connectivity index (χ1n) is 36.9. The molecule has 0 aliphatic rings. The average Bonchev–Trinajstić information content (AvgIpc) is 3.48. The molecule has 0 saturated heterocycles. The Morgan fingerprint density at radius 3 is 0.939 bits per heavy atom. The van der Waals surface area contributed by atoms with Gasteiger partial charge in [0.15, 0.2) is 0 Å². The minimum Gasteiger partial charge on any atom is -0.466 e. The van der Waals surface area contributed by atoms with Crippen molar-refractivity contribution in [1.82, 2.24) is 5.32 Å². The van der Waals surface area contributed by atoms with Gasteiger partial charge in [-0.15, -0.1) is 0 Å². The van der Waals surface area contributed by atoms with Crippen LogP contribution in [0.15, 0.2) is 48.6 Å². The first-order valence-corrected chi connectivity index (χ1v) is 36.9. The zero-order chi connectivity index (χ0) is 59.2. The van der Waals surface area contributed by atoms with E-state index in [-0.39, 0.29) is 18.5 Å². The number of aliphatic hydroxyl groups is 2. The largest absolute Gasteiger partial charge is 0.466 e. The SMILES string of the molecule is CCCCCCCCC/C=C\CCCCCCCC(=O)OCCCCCCCCCCCCCCCCC/C=C\C/C=C\CCCCCCCCCCCCCCCCCCCC(=O)NC(CO)C(O)/C=C/CCCCCCCCCC. The van der Waals surface area contributed by atoms with Gasteiger partial charge in [-0.2, -0.15) is 0 Å². The number of esters is 1. The molecule has 0 radical (unpaired) electrons. The maximum atomic E-state index is 12.4. The molecule has 0 aromatic carbocycles. The number of amides is 1. The van der Waals surface area contributed by atoms with Gasteiger partial charge in [-0.1, -0.05) is 345 Å². The van der Waals surface area contributed by atoms with E-state index in [0.29, 0.717) is 19.4 Å². The van der Waals surface area contributed by atoms with Crippen LogP contribution in [0, 0.1) is 0 Å². The van der Waals surface area contributed by atoms with E-state index in [4.69, 9.17) is 4.74 Å². The van der Waals surface area contributed by atoms with Crippen LogP contribution in [0.3, 0.4) is 0 Å². The Hall–Kier alpha value is -2.18. The first kappa shape index (κ1) is 79.8. The molecule has 0 fully saturated rings. The smallest absolute Gasteiger partial charge is 0.305 e. The highest BCUT2D eigenvalue weighted by atomic mass is 16.5. The third-order valence-corrected chi connectivity index (χ3v) is 17.1. The van der Waals surface area contributed by atoms with E-state index in [1.807, 2.05) is 6.08 Å². The van der Waals surface area contributed by atoms with Crippen molar-refractivity contribution in [3.63, 3.8) is 0 Å². The van der Waals surface area contributed by atoms with Crippen LogP contribution in [-0.2, 0) is 14.3 Å². The lowest BCUT2D eigenvalue weighted by molar-refractivity contribution is -0.143. The summed E-state index contributed by atoms with van der Waals surface area (Å²) in [5.74, 6) is -0.0528. The number of hydrogen-bond donors (Lipinski definition) is 3. The standard InChI is InChI=1S/C76H143NO5/c1-3-5-7-9-11-13-15-16-17-44-47-50-54-58-62-66-70-76(81)82-71-67-63-59-55-51-48-45-42-40-38-36-34-32-30-28-26-24-22-20-18-19-21-23-25-27-29-31-33-35-37-39-41-43-46-49-53-57-61-65-69-75(80)77-73(72-78)74(79)68-64-60-56-52-14-12-10-8-6-4-2/h17-19,22,24,44,64,68,73-74,78-79H,3-16,20-21,23,25-43,45-63,65-67,69-72H2,1-2H3,(H,77,80)/b19-18-,24-22-,44-17-,68-64+. The highest BCUT2D eigenvalue weighted by molar-refractivity contribution is 5.76. The number of nitrogens with one attached hydrogen (secondary N) is 1. The van der Waals surface area contributed by atoms with E-state index < -0.39 is 12.1 Å². The van der Waals surface area contributed by atoms with Crippen molar-refractivity contribution in [1.29, 1.82) is 0 Å². The van der Waals surface area contributed by atoms with Crippen molar-refractivity contribution < 1.29 is 24.5 Å². The van der Waals surface area contributed by atoms with E-state index in [0.717, 1.165) is 51.4 Å². The van der Waals surface area contributed by atoms with E-state index in [1.165, 1.54) is 321 Å². The molecule has 6 nitrogen and oxygen atoms in total. The third kappa shape index (κ3) is 67.0. The summed E-state index contributed by atoms with van der Waals surface area (Å²) >= 11 is 0. The summed E-state index contributed by atoms with van der Waals surface area (Å²) in [6.07, 6.45) is 93.7. The van der Waals surface area contributed by atoms with Crippen molar-refractivity contribution in [2.45, 2.75) is 411 Å². The van der Waals surface area contributed by atoms with Crippen molar-refractivity contribution in [2.75, 3.05) is 13.2 Å². The quantitative estimate of drug-likeness (QED) is 0.0320. The Labute approximate surface area is 512 Å². The van der Waals surface area contributed by atoms with Crippen molar-refractivity contribution in [3.05, 3.63) is 48.6 Å². The van der Waals surface area contributed by atoms with Gasteiger partial charge in [0.2, 0.25) is 5.91 Å². The first-order chi connectivity index (χ1) is 40.5. The summed E-state index contributed by atoms with van der Waals surface area (Å²) in [6.45, 7) is 4.90. The Bertz CT molecular complexity index is 1370. The molecule has 0 aromatic rings. The second-order valence-corrected chi connectivity index (χ2v) is 25.3. The van der Waals surface area contributed by atoms with Crippen LogP contribution in [0.5, 0.6) is 0 Å². The maximum Gasteiger partial charge on any atom is 0.305 e. The summed E-state index contributed by atoms with van der Waals surface area (Å²) < 4.78 is 5.50. The van der Waals surface area contributed by atoms with Gasteiger partial charge >= 0.3 is 5.97 Å². The minimum absolute atomic E-state index is 0.0129. The van der Waals surface area contributed by atoms with Gasteiger partial charge in [0.05, 0.1) is 25.4 Å². The molecule has 0 spiro atoms. The Morgan fingerprint density at radius 1 is 0.341 bits per heavy atom. The van der Waals surface area contributed by atoms with Crippen molar-refractivity contribution in [3.8, 4) is 0 Å². The Kier molecular flexibility index (Phi) is 69.4. The average molecular weight is 1150 g/mol. The molecular weight excluding hydrogens is 1010 g/mol. The van der Waals surface area contributed by atoms with Crippen LogP contribution in [0.1, 0.15) is 399 Å². The number of allylic oxidation sites excluding steroid dienone is 7. The van der Waals surface area contributed by atoms with Gasteiger partial charge in [0, 0.05) is 12.8 Å². The summed E-state index contributed by atoms with van der Waals surface area (Å²) in [4.78, 5) is 24.5.